The largest absolute Gasteiger partial charge is 0.494 e. The first-order chi connectivity index (χ1) is 12.3. The minimum absolute atomic E-state index is 0. The van der Waals surface area contributed by atoms with Gasteiger partial charge < -0.3 is 15.0 Å². The van der Waals surface area contributed by atoms with Crippen LogP contribution in [0.15, 0.2) is 36.5 Å². The summed E-state index contributed by atoms with van der Waals surface area (Å²) in [6, 6.07) is 10.3. The first-order valence-corrected chi connectivity index (χ1v) is 9.44. The molecule has 2 N–H and O–H groups in total. The monoisotopic (exact) mass is 430 g/mol. The fourth-order valence-corrected chi connectivity index (χ4v) is 3.22. The summed E-state index contributed by atoms with van der Waals surface area (Å²) in [5.41, 5.74) is 1.33. The van der Waals surface area contributed by atoms with Crippen molar-refractivity contribution < 1.29 is 4.74 Å². The lowest BCUT2D eigenvalue weighted by Gasteiger charge is -2.26. The molecule has 2 aromatic rings. The molecule has 0 atom stereocenters. The zero-order valence-corrected chi connectivity index (χ0v) is 17.8. The number of nitrogens with one attached hydrogen (secondary N) is 2. The third-order valence-corrected chi connectivity index (χ3v) is 4.53. The van der Waals surface area contributed by atoms with Crippen LogP contribution >= 0.6 is 37.0 Å². The number of piperidine rings is 1. The van der Waals surface area contributed by atoms with Crippen LogP contribution in [0.4, 0.5) is 5.82 Å². The number of benzene rings is 1. The Bertz CT molecular complexity index is 723. The first-order valence-electron chi connectivity index (χ1n) is 9.03. The highest BCUT2D eigenvalue weighted by atomic mass is 35.5. The summed E-state index contributed by atoms with van der Waals surface area (Å²) in [6.45, 7) is 4.94. The van der Waals surface area contributed by atoms with Crippen LogP contribution in [0, 0.1) is 4.77 Å². The predicted octanol–water partition coefficient (Wildman–Crippen LogP) is 4.85. The molecule has 0 radical (unpaired) electrons. The number of nitrogens with zero attached hydrogens (tertiary/aromatic N) is 2. The van der Waals surface area contributed by atoms with Gasteiger partial charge in [-0.2, -0.15) is 0 Å². The molecule has 1 aliphatic heterocycles. The highest BCUT2D eigenvalue weighted by Crippen LogP contribution is 2.17. The van der Waals surface area contributed by atoms with E-state index in [-0.39, 0.29) is 24.8 Å². The van der Waals surface area contributed by atoms with Crippen LogP contribution in [0.5, 0.6) is 5.75 Å². The maximum Gasteiger partial charge on any atom is 0.198 e. The molecule has 3 rings (SSSR count). The Balaban J connectivity index is 0.00000182. The number of H-pyrrole nitrogens is 1. The minimum atomic E-state index is 0. The lowest BCUT2D eigenvalue weighted by atomic mass is 10.1. The number of hydrogen-bond acceptors (Lipinski definition) is 5. The lowest BCUT2D eigenvalue weighted by molar-refractivity contribution is 0.220. The van der Waals surface area contributed by atoms with E-state index in [1.807, 2.05) is 12.1 Å². The van der Waals surface area contributed by atoms with E-state index < -0.39 is 0 Å². The molecular weight excluding hydrogens is 403 g/mol. The van der Waals surface area contributed by atoms with Gasteiger partial charge in [0.25, 0.3) is 0 Å². The molecule has 1 fully saturated rings. The number of ether oxygens (including phenoxy) is 1. The quantitative estimate of drug-likeness (QED) is 0.462. The summed E-state index contributed by atoms with van der Waals surface area (Å²) in [5.74, 6) is 1.75. The second kappa shape index (κ2) is 12.9. The number of halogens is 2. The van der Waals surface area contributed by atoms with Crippen molar-refractivity contribution in [1.29, 1.82) is 0 Å². The van der Waals surface area contributed by atoms with Crippen LogP contribution in [0.2, 0.25) is 0 Å². The van der Waals surface area contributed by atoms with Crippen molar-refractivity contribution in [2.45, 2.75) is 32.2 Å². The van der Waals surface area contributed by atoms with Crippen LogP contribution in [0.3, 0.4) is 0 Å². The molecule has 1 aliphatic rings. The van der Waals surface area contributed by atoms with E-state index in [0.29, 0.717) is 11.4 Å². The van der Waals surface area contributed by atoms with Crippen molar-refractivity contribution in [3.8, 4) is 5.75 Å². The second-order valence-corrected chi connectivity index (χ2v) is 6.78. The van der Waals surface area contributed by atoms with Gasteiger partial charge in [-0.15, -0.1) is 24.8 Å². The highest BCUT2D eigenvalue weighted by molar-refractivity contribution is 7.71. The van der Waals surface area contributed by atoms with E-state index in [1.54, 1.807) is 6.20 Å². The third kappa shape index (κ3) is 8.47. The molecule has 0 bridgehead atoms. The van der Waals surface area contributed by atoms with Crippen molar-refractivity contribution in [2.75, 3.05) is 31.6 Å². The van der Waals surface area contributed by atoms with Crippen molar-refractivity contribution >= 4 is 42.8 Å². The molecule has 0 aliphatic carbocycles. The number of hydrogen-bond donors (Lipinski definition) is 2. The molecule has 1 aromatic heterocycles. The minimum Gasteiger partial charge on any atom is -0.494 e. The molecule has 0 unspecified atom stereocenters. The molecule has 0 spiro atoms. The second-order valence-electron chi connectivity index (χ2n) is 6.39. The summed E-state index contributed by atoms with van der Waals surface area (Å²) in [6.07, 6.45) is 6.72. The predicted molar refractivity (Wildman–Crippen MR) is 118 cm³/mol. The molecule has 0 amide bonds. The maximum absolute atomic E-state index is 5.89. The molecule has 2 heterocycles. The Hall–Kier alpha value is -1.34. The summed E-state index contributed by atoms with van der Waals surface area (Å²) in [4.78, 5) is 9.60. The Kier molecular flexibility index (Phi) is 11.4. The van der Waals surface area contributed by atoms with E-state index in [2.05, 4.69) is 38.4 Å². The van der Waals surface area contributed by atoms with Gasteiger partial charge >= 0.3 is 0 Å². The van der Waals surface area contributed by atoms with E-state index in [9.17, 15) is 0 Å². The van der Waals surface area contributed by atoms with E-state index in [1.165, 1.54) is 37.9 Å². The average molecular weight is 431 g/mol. The number of rotatable bonds is 8. The van der Waals surface area contributed by atoms with Gasteiger partial charge in [0.2, 0.25) is 0 Å². The van der Waals surface area contributed by atoms with E-state index in [0.717, 1.165) is 31.1 Å². The first kappa shape index (κ1) is 23.7. The Morgan fingerprint density at radius 3 is 2.74 bits per heavy atom. The molecular formula is C19H28Cl2N4OS. The van der Waals surface area contributed by atoms with Gasteiger partial charge in [-0.25, -0.2) is 4.98 Å². The van der Waals surface area contributed by atoms with Gasteiger partial charge in [-0.1, -0.05) is 18.6 Å². The number of likely N-dealkylation sites (tertiary alicyclic amines) is 1. The lowest BCUT2D eigenvalue weighted by Crippen LogP contribution is -2.29. The number of aromatic nitrogens is 2. The average Bonchev–Trinajstić information content (AvgIpc) is 2.63. The summed E-state index contributed by atoms with van der Waals surface area (Å²) in [5, 5.41) is 3.25. The van der Waals surface area contributed by atoms with Gasteiger partial charge in [0, 0.05) is 19.3 Å². The van der Waals surface area contributed by atoms with Gasteiger partial charge in [-0.05, 0) is 68.3 Å². The molecule has 27 heavy (non-hydrogen) atoms. The van der Waals surface area contributed by atoms with Crippen LogP contribution < -0.4 is 10.1 Å². The number of aromatic amines is 1. The van der Waals surface area contributed by atoms with E-state index >= 15 is 0 Å². The van der Waals surface area contributed by atoms with Gasteiger partial charge in [0.05, 0.1) is 6.61 Å². The highest BCUT2D eigenvalue weighted by Gasteiger charge is 2.10. The van der Waals surface area contributed by atoms with Crippen molar-refractivity contribution in [2.24, 2.45) is 0 Å². The molecule has 5 nitrogen and oxygen atoms in total. The summed E-state index contributed by atoms with van der Waals surface area (Å²) < 4.78 is 6.38. The van der Waals surface area contributed by atoms with Crippen LogP contribution in [-0.2, 0) is 6.54 Å². The normalized spacial score (nSPS) is 13.9. The standard InChI is InChI=1S/C19H26N4OS.2ClH/c25-19-21-10-8-18(22-19)20-9-5-13-24-17-7-4-6-16(14-17)15-23-11-2-1-3-12-23;;/h4,6-8,10,14H,1-3,5,9,11-13,15H2,(H2,20,21,22,25);2*1H. The van der Waals surface area contributed by atoms with Crippen LogP contribution in [-0.4, -0.2) is 41.1 Å². The zero-order chi connectivity index (χ0) is 17.3. The maximum atomic E-state index is 5.89. The number of anilines is 1. The third-order valence-electron chi connectivity index (χ3n) is 4.32. The van der Waals surface area contributed by atoms with Crippen molar-refractivity contribution in [3.63, 3.8) is 0 Å². The van der Waals surface area contributed by atoms with E-state index in [4.69, 9.17) is 17.0 Å². The molecule has 8 heteroatoms. The van der Waals surface area contributed by atoms with Crippen LogP contribution in [0.1, 0.15) is 31.2 Å². The van der Waals surface area contributed by atoms with Gasteiger partial charge in [0.15, 0.2) is 4.77 Å². The molecule has 0 saturated carbocycles. The fraction of sp³-hybridized carbons (Fsp3) is 0.474. The van der Waals surface area contributed by atoms with Gasteiger partial charge in [-0.3, -0.25) is 4.90 Å². The van der Waals surface area contributed by atoms with Crippen LogP contribution in [0.25, 0.3) is 0 Å². The smallest absolute Gasteiger partial charge is 0.198 e. The topological polar surface area (TPSA) is 53.2 Å². The molecule has 1 saturated heterocycles. The Morgan fingerprint density at radius 2 is 1.96 bits per heavy atom. The SMILES string of the molecule is Cl.Cl.S=c1nc(NCCCOc2cccc(CN3CCCCC3)c2)cc[nH]1. The zero-order valence-electron chi connectivity index (χ0n) is 15.4. The molecule has 1 aromatic carbocycles. The fourth-order valence-electron chi connectivity index (χ4n) is 3.06. The Labute approximate surface area is 178 Å². The van der Waals surface area contributed by atoms with Crippen molar-refractivity contribution in [1.82, 2.24) is 14.9 Å². The van der Waals surface area contributed by atoms with Crippen molar-refractivity contribution in [3.05, 3.63) is 46.9 Å². The Morgan fingerprint density at radius 1 is 1.15 bits per heavy atom. The molecule has 150 valence electrons. The summed E-state index contributed by atoms with van der Waals surface area (Å²) in [7, 11) is 0. The summed E-state index contributed by atoms with van der Waals surface area (Å²) >= 11 is 5.00. The van der Waals surface area contributed by atoms with Gasteiger partial charge in [0.1, 0.15) is 11.6 Å².